The van der Waals surface area contributed by atoms with E-state index in [-0.39, 0.29) is 16.5 Å². The van der Waals surface area contributed by atoms with E-state index in [1.165, 1.54) is 30.5 Å². The van der Waals surface area contributed by atoms with Gasteiger partial charge in [0.05, 0.1) is 12.3 Å². The van der Waals surface area contributed by atoms with Gasteiger partial charge in [-0.25, -0.2) is 0 Å². The van der Waals surface area contributed by atoms with Crippen molar-refractivity contribution in [2.24, 2.45) is 5.73 Å². The summed E-state index contributed by atoms with van der Waals surface area (Å²) in [7, 11) is 0. The number of hydrogen-bond donors (Lipinski definition) is 1. The summed E-state index contributed by atoms with van der Waals surface area (Å²) in [4.78, 5) is 0. The third-order valence-corrected chi connectivity index (χ3v) is 2.77. The number of hydrogen-bond acceptors (Lipinski definition) is 3. The SMILES string of the molecule is NC(c1ccccc1OC(F)(F)F)c1ccoc1Cl. The molecular formula is C12H9ClF3NO2. The molecule has 1 aromatic heterocycles. The van der Waals surface area contributed by atoms with Crippen molar-refractivity contribution in [3.8, 4) is 5.75 Å². The third kappa shape index (κ3) is 3.21. The Labute approximate surface area is 111 Å². The molecule has 0 aliphatic carbocycles. The Bertz CT molecular complexity index is 568. The first-order valence-corrected chi connectivity index (χ1v) is 5.59. The van der Waals surface area contributed by atoms with E-state index < -0.39 is 12.4 Å². The van der Waals surface area contributed by atoms with E-state index in [0.29, 0.717) is 5.56 Å². The molecule has 102 valence electrons. The second kappa shape index (κ2) is 5.14. The van der Waals surface area contributed by atoms with Crippen LogP contribution in [-0.4, -0.2) is 6.36 Å². The van der Waals surface area contributed by atoms with Gasteiger partial charge in [0.1, 0.15) is 5.75 Å². The zero-order chi connectivity index (χ0) is 14.0. The van der Waals surface area contributed by atoms with Crippen LogP contribution in [0.15, 0.2) is 41.0 Å². The second-order valence-electron chi connectivity index (χ2n) is 3.71. The van der Waals surface area contributed by atoms with Crippen molar-refractivity contribution in [2.45, 2.75) is 12.4 Å². The first-order chi connectivity index (χ1) is 8.88. The summed E-state index contributed by atoms with van der Waals surface area (Å²) in [6.45, 7) is 0. The molecule has 1 aromatic carbocycles. The quantitative estimate of drug-likeness (QED) is 0.933. The topological polar surface area (TPSA) is 48.4 Å². The molecule has 3 nitrogen and oxygen atoms in total. The number of benzene rings is 1. The maximum absolute atomic E-state index is 12.3. The summed E-state index contributed by atoms with van der Waals surface area (Å²) >= 11 is 5.76. The van der Waals surface area contributed by atoms with Crippen LogP contribution in [0, 0.1) is 0 Å². The van der Waals surface area contributed by atoms with Crippen molar-refractivity contribution in [3.63, 3.8) is 0 Å². The molecule has 0 spiro atoms. The van der Waals surface area contributed by atoms with Gasteiger partial charge in [-0.1, -0.05) is 18.2 Å². The van der Waals surface area contributed by atoms with Crippen molar-refractivity contribution < 1.29 is 22.3 Å². The molecule has 0 aliphatic heterocycles. The monoisotopic (exact) mass is 291 g/mol. The molecule has 0 aliphatic rings. The number of rotatable bonds is 3. The van der Waals surface area contributed by atoms with Gasteiger partial charge in [0.25, 0.3) is 0 Å². The Morgan fingerprint density at radius 1 is 1.16 bits per heavy atom. The summed E-state index contributed by atoms with van der Waals surface area (Å²) < 4.78 is 45.7. The zero-order valence-corrected chi connectivity index (χ0v) is 10.2. The smallest absolute Gasteiger partial charge is 0.453 e. The van der Waals surface area contributed by atoms with Gasteiger partial charge >= 0.3 is 6.36 Å². The van der Waals surface area contributed by atoms with Crippen LogP contribution in [-0.2, 0) is 0 Å². The number of para-hydroxylation sites is 1. The molecule has 0 saturated heterocycles. The Morgan fingerprint density at radius 2 is 1.84 bits per heavy atom. The van der Waals surface area contributed by atoms with Gasteiger partial charge in [-0.2, -0.15) is 0 Å². The number of alkyl halides is 3. The maximum Gasteiger partial charge on any atom is 0.573 e. The molecular weight excluding hydrogens is 283 g/mol. The van der Waals surface area contributed by atoms with Gasteiger partial charge < -0.3 is 14.9 Å². The Hall–Kier alpha value is -1.66. The number of nitrogens with two attached hydrogens (primary N) is 1. The molecule has 0 saturated carbocycles. The lowest BCUT2D eigenvalue weighted by atomic mass is 10.0. The Kier molecular flexibility index (Phi) is 3.73. The molecule has 0 fully saturated rings. The lowest BCUT2D eigenvalue weighted by Crippen LogP contribution is -2.20. The standard InChI is InChI=1S/C12H9ClF3NO2/c13-11-8(5-6-18-11)10(17)7-3-1-2-4-9(7)19-12(14,15)16/h1-6,10H,17H2. The van der Waals surface area contributed by atoms with Crippen molar-refractivity contribution in [1.29, 1.82) is 0 Å². The van der Waals surface area contributed by atoms with Gasteiger partial charge in [-0.3, -0.25) is 0 Å². The number of halogens is 4. The second-order valence-corrected chi connectivity index (χ2v) is 4.06. The summed E-state index contributed by atoms with van der Waals surface area (Å²) in [5.74, 6) is -0.361. The lowest BCUT2D eigenvalue weighted by Gasteiger charge is -2.17. The first kappa shape index (κ1) is 13.8. The van der Waals surface area contributed by atoms with Crippen molar-refractivity contribution in [3.05, 3.63) is 52.9 Å². The Morgan fingerprint density at radius 3 is 2.42 bits per heavy atom. The lowest BCUT2D eigenvalue weighted by molar-refractivity contribution is -0.274. The van der Waals surface area contributed by atoms with Gasteiger partial charge in [0.2, 0.25) is 0 Å². The van der Waals surface area contributed by atoms with E-state index in [9.17, 15) is 13.2 Å². The highest BCUT2D eigenvalue weighted by molar-refractivity contribution is 6.29. The van der Waals surface area contributed by atoms with Crippen LogP contribution < -0.4 is 10.5 Å². The third-order valence-electron chi connectivity index (χ3n) is 2.46. The van der Waals surface area contributed by atoms with Crippen molar-refractivity contribution in [1.82, 2.24) is 0 Å². The molecule has 2 rings (SSSR count). The van der Waals surface area contributed by atoms with Crippen molar-refractivity contribution >= 4 is 11.6 Å². The van der Waals surface area contributed by atoms with Crippen LogP contribution in [0.5, 0.6) is 5.75 Å². The van der Waals surface area contributed by atoms with Gasteiger partial charge in [0, 0.05) is 11.1 Å². The molecule has 0 radical (unpaired) electrons. The summed E-state index contributed by atoms with van der Waals surface area (Å²) in [6.07, 6.45) is -3.47. The largest absolute Gasteiger partial charge is 0.573 e. The molecule has 1 unspecified atom stereocenters. The molecule has 1 heterocycles. The van der Waals surface area contributed by atoms with E-state index in [2.05, 4.69) is 4.74 Å². The molecule has 2 N–H and O–H groups in total. The van der Waals surface area contributed by atoms with Crippen LogP contribution in [0.25, 0.3) is 0 Å². The van der Waals surface area contributed by atoms with E-state index in [4.69, 9.17) is 21.8 Å². The van der Waals surface area contributed by atoms with E-state index >= 15 is 0 Å². The molecule has 7 heteroatoms. The maximum atomic E-state index is 12.3. The minimum absolute atomic E-state index is 0.0364. The van der Waals surface area contributed by atoms with E-state index in [0.717, 1.165) is 0 Å². The zero-order valence-electron chi connectivity index (χ0n) is 9.45. The van der Waals surface area contributed by atoms with Gasteiger partial charge in [-0.05, 0) is 23.7 Å². The van der Waals surface area contributed by atoms with Gasteiger partial charge in [0.15, 0.2) is 5.22 Å². The van der Waals surface area contributed by atoms with Crippen LogP contribution >= 0.6 is 11.6 Å². The minimum Gasteiger partial charge on any atom is -0.453 e. The summed E-state index contributed by atoms with van der Waals surface area (Å²) in [5.41, 5.74) is 6.45. The highest BCUT2D eigenvalue weighted by atomic mass is 35.5. The van der Waals surface area contributed by atoms with Crippen LogP contribution in [0.3, 0.4) is 0 Å². The highest BCUT2D eigenvalue weighted by Crippen LogP contribution is 2.34. The fourth-order valence-electron chi connectivity index (χ4n) is 1.65. The Balaban J connectivity index is 2.37. The summed E-state index contributed by atoms with van der Waals surface area (Å²) in [6, 6.07) is 6.24. The molecule has 0 bridgehead atoms. The number of ether oxygens (including phenoxy) is 1. The minimum atomic E-state index is -4.78. The van der Waals surface area contributed by atoms with Crippen LogP contribution in [0.2, 0.25) is 5.22 Å². The average molecular weight is 292 g/mol. The van der Waals surface area contributed by atoms with E-state index in [1.54, 1.807) is 6.07 Å². The van der Waals surface area contributed by atoms with Gasteiger partial charge in [-0.15, -0.1) is 13.2 Å². The predicted octanol–water partition coefficient (Wildman–Crippen LogP) is 3.88. The number of furan rings is 1. The molecule has 1 atom stereocenters. The molecule has 2 aromatic rings. The normalized spacial score (nSPS) is 13.3. The molecule has 0 amide bonds. The summed E-state index contributed by atoms with van der Waals surface area (Å²) in [5, 5.41) is 0.0364. The predicted molar refractivity (Wildman–Crippen MR) is 62.9 cm³/mol. The fourth-order valence-corrected chi connectivity index (χ4v) is 1.88. The van der Waals surface area contributed by atoms with Crippen LogP contribution in [0.1, 0.15) is 17.2 Å². The van der Waals surface area contributed by atoms with E-state index in [1.807, 2.05) is 0 Å². The first-order valence-electron chi connectivity index (χ1n) is 5.21. The highest BCUT2D eigenvalue weighted by Gasteiger charge is 2.33. The average Bonchev–Trinajstić information content (AvgIpc) is 2.73. The fraction of sp³-hybridized carbons (Fsp3) is 0.167. The van der Waals surface area contributed by atoms with Crippen LogP contribution in [0.4, 0.5) is 13.2 Å². The molecule has 19 heavy (non-hydrogen) atoms. The van der Waals surface area contributed by atoms with Crippen molar-refractivity contribution in [2.75, 3.05) is 0 Å².